The molecule has 1 fully saturated rings. The summed E-state index contributed by atoms with van der Waals surface area (Å²) in [6.45, 7) is 11.7. The van der Waals surface area contributed by atoms with Gasteiger partial charge in [0.15, 0.2) is 0 Å². The van der Waals surface area contributed by atoms with Crippen LogP contribution in [0.4, 0.5) is 0 Å². The molecule has 0 saturated carbocycles. The Kier molecular flexibility index (Phi) is 5.45. The van der Waals surface area contributed by atoms with Crippen molar-refractivity contribution in [2.24, 2.45) is 11.8 Å². The number of rotatable bonds is 5. The molecule has 2 unspecified atom stereocenters. The second-order valence-corrected chi connectivity index (χ2v) is 4.61. The van der Waals surface area contributed by atoms with Crippen LogP contribution in [-0.4, -0.2) is 38.9 Å². The van der Waals surface area contributed by atoms with E-state index in [1.165, 1.54) is 0 Å². The topological polar surface area (TPSA) is 33.3 Å². The van der Waals surface area contributed by atoms with Crippen LogP contribution in [0.1, 0.15) is 20.8 Å². The predicted molar refractivity (Wildman–Crippen MR) is 59.5 cm³/mol. The fraction of sp³-hybridized carbons (Fsp3) is 1.00. The van der Waals surface area contributed by atoms with E-state index in [-0.39, 0.29) is 0 Å². The van der Waals surface area contributed by atoms with Crippen molar-refractivity contribution in [1.29, 1.82) is 0 Å². The number of hydrogen-bond acceptors (Lipinski definition) is 3. The van der Waals surface area contributed by atoms with Gasteiger partial charge in [-0.25, -0.2) is 0 Å². The fourth-order valence-corrected chi connectivity index (χ4v) is 1.47. The van der Waals surface area contributed by atoms with Crippen LogP contribution in [0, 0.1) is 11.8 Å². The summed E-state index contributed by atoms with van der Waals surface area (Å²) in [6, 6.07) is 0.503. The minimum absolute atomic E-state index is 0.503. The van der Waals surface area contributed by atoms with Gasteiger partial charge in [0.1, 0.15) is 0 Å². The fourth-order valence-electron chi connectivity index (χ4n) is 1.47. The summed E-state index contributed by atoms with van der Waals surface area (Å²) in [5, 5.41) is 6.93. The maximum absolute atomic E-state index is 5.38. The minimum atomic E-state index is 0.503. The van der Waals surface area contributed by atoms with E-state index in [1.54, 1.807) is 0 Å². The normalized spacial score (nSPS) is 25.3. The van der Waals surface area contributed by atoms with E-state index < -0.39 is 0 Å². The lowest BCUT2D eigenvalue weighted by Gasteiger charge is -2.25. The second kappa shape index (κ2) is 6.38. The molecule has 1 rings (SSSR count). The zero-order valence-electron chi connectivity index (χ0n) is 9.68. The Hall–Kier alpha value is -0.120. The van der Waals surface area contributed by atoms with Crippen molar-refractivity contribution in [3.05, 3.63) is 0 Å². The monoisotopic (exact) mass is 200 g/mol. The lowest BCUT2D eigenvalue weighted by molar-refractivity contribution is 0.0763. The van der Waals surface area contributed by atoms with Crippen LogP contribution in [0.3, 0.4) is 0 Å². The molecule has 0 spiro atoms. The van der Waals surface area contributed by atoms with Crippen LogP contribution in [0.2, 0.25) is 0 Å². The van der Waals surface area contributed by atoms with Gasteiger partial charge in [0.25, 0.3) is 0 Å². The van der Waals surface area contributed by atoms with Gasteiger partial charge in [-0.3, -0.25) is 0 Å². The lowest BCUT2D eigenvalue weighted by atomic mass is 9.98. The number of morpholine rings is 1. The molecule has 0 aromatic carbocycles. The first-order chi connectivity index (χ1) is 6.70. The Morgan fingerprint density at radius 3 is 2.79 bits per heavy atom. The maximum atomic E-state index is 5.38. The van der Waals surface area contributed by atoms with Crippen LogP contribution in [0.5, 0.6) is 0 Å². The van der Waals surface area contributed by atoms with Crippen molar-refractivity contribution >= 4 is 0 Å². The summed E-state index contributed by atoms with van der Waals surface area (Å²) in [6.07, 6.45) is 0. The SMILES string of the molecule is CC(C)C(C)CNCC1COCCN1. The molecule has 2 atom stereocenters. The van der Waals surface area contributed by atoms with E-state index in [2.05, 4.69) is 31.4 Å². The highest BCUT2D eigenvalue weighted by atomic mass is 16.5. The Morgan fingerprint density at radius 1 is 1.43 bits per heavy atom. The van der Waals surface area contributed by atoms with Gasteiger partial charge >= 0.3 is 0 Å². The molecule has 14 heavy (non-hydrogen) atoms. The smallest absolute Gasteiger partial charge is 0.0632 e. The first-order valence-electron chi connectivity index (χ1n) is 5.72. The van der Waals surface area contributed by atoms with Gasteiger partial charge in [-0.1, -0.05) is 20.8 Å². The van der Waals surface area contributed by atoms with Crippen LogP contribution < -0.4 is 10.6 Å². The Morgan fingerprint density at radius 2 is 2.21 bits per heavy atom. The standard InChI is InChI=1S/C11H24N2O/c1-9(2)10(3)6-12-7-11-8-14-5-4-13-11/h9-13H,4-8H2,1-3H3. The van der Waals surface area contributed by atoms with Gasteiger partial charge in [0.2, 0.25) is 0 Å². The van der Waals surface area contributed by atoms with E-state index in [9.17, 15) is 0 Å². The Balaban J connectivity index is 2.02. The van der Waals surface area contributed by atoms with Crippen molar-refractivity contribution in [3.8, 4) is 0 Å². The van der Waals surface area contributed by atoms with Crippen molar-refractivity contribution in [2.75, 3.05) is 32.8 Å². The quantitative estimate of drug-likeness (QED) is 0.690. The van der Waals surface area contributed by atoms with E-state index >= 15 is 0 Å². The summed E-state index contributed by atoms with van der Waals surface area (Å²) in [5.74, 6) is 1.51. The molecule has 0 aromatic heterocycles. The largest absolute Gasteiger partial charge is 0.378 e. The molecule has 2 N–H and O–H groups in total. The van der Waals surface area contributed by atoms with E-state index in [4.69, 9.17) is 4.74 Å². The zero-order valence-corrected chi connectivity index (χ0v) is 9.68. The Bertz CT molecular complexity index is 144. The highest BCUT2D eigenvalue weighted by Crippen LogP contribution is 2.07. The highest BCUT2D eigenvalue weighted by Gasteiger charge is 2.13. The molecule has 0 bridgehead atoms. The summed E-state index contributed by atoms with van der Waals surface area (Å²) in [5.41, 5.74) is 0. The molecule has 0 aliphatic carbocycles. The van der Waals surface area contributed by atoms with Crippen LogP contribution >= 0.6 is 0 Å². The van der Waals surface area contributed by atoms with Crippen LogP contribution in [0.25, 0.3) is 0 Å². The van der Waals surface area contributed by atoms with Crippen molar-refractivity contribution < 1.29 is 4.74 Å². The van der Waals surface area contributed by atoms with Gasteiger partial charge in [-0.2, -0.15) is 0 Å². The molecular weight excluding hydrogens is 176 g/mol. The molecule has 3 nitrogen and oxygen atoms in total. The van der Waals surface area contributed by atoms with E-state index in [0.29, 0.717) is 6.04 Å². The van der Waals surface area contributed by atoms with Gasteiger partial charge < -0.3 is 15.4 Å². The van der Waals surface area contributed by atoms with Crippen molar-refractivity contribution in [2.45, 2.75) is 26.8 Å². The summed E-state index contributed by atoms with van der Waals surface area (Å²) >= 11 is 0. The molecule has 0 amide bonds. The average Bonchev–Trinajstić information content (AvgIpc) is 2.19. The lowest BCUT2D eigenvalue weighted by Crippen LogP contribution is -2.47. The van der Waals surface area contributed by atoms with Gasteiger partial charge in [0, 0.05) is 19.1 Å². The van der Waals surface area contributed by atoms with E-state index in [0.717, 1.165) is 44.7 Å². The summed E-state index contributed by atoms with van der Waals surface area (Å²) in [7, 11) is 0. The first kappa shape index (κ1) is 12.0. The third kappa shape index (κ3) is 4.40. The number of hydrogen-bond donors (Lipinski definition) is 2. The summed E-state index contributed by atoms with van der Waals surface area (Å²) < 4.78 is 5.38. The zero-order chi connectivity index (χ0) is 10.4. The van der Waals surface area contributed by atoms with Crippen molar-refractivity contribution in [3.63, 3.8) is 0 Å². The molecule has 1 aliphatic heterocycles. The van der Waals surface area contributed by atoms with Gasteiger partial charge in [-0.05, 0) is 18.4 Å². The molecule has 84 valence electrons. The minimum Gasteiger partial charge on any atom is -0.378 e. The molecule has 0 aromatic rings. The third-order valence-electron chi connectivity index (χ3n) is 2.99. The molecule has 3 heteroatoms. The second-order valence-electron chi connectivity index (χ2n) is 4.61. The molecule has 1 saturated heterocycles. The molecule has 0 radical (unpaired) electrons. The van der Waals surface area contributed by atoms with Crippen LogP contribution in [-0.2, 0) is 4.74 Å². The Labute approximate surface area is 87.6 Å². The van der Waals surface area contributed by atoms with Crippen LogP contribution in [0.15, 0.2) is 0 Å². The van der Waals surface area contributed by atoms with Gasteiger partial charge in [-0.15, -0.1) is 0 Å². The predicted octanol–water partition coefficient (Wildman–Crippen LogP) is 0.857. The average molecular weight is 200 g/mol. The number of ether oxygens (including phenoxy) is 1. The molecular formula is C11H24N2O. The number of nitrogens with one attached hydrogen (secondary N) is 2. The van der Waals surface area contributed by atoms with Gasteiger partial charge in [0.05, 0.1) is 13.2 Å². The highest BCUT2D eigenvalue weighted by molar-refractivity contribution is 4.73. The maximum Gasteiger partial charge on any atom is 0.0632 e. The van der Waals surface area contributed by atoms with Crippen molar-refractivity contribution in [1.82, 2.24) is 10.6 Å². The molecule has 1 aliphatic rings. The summed E-state index contributed by atoms with van der Waals surface area (Å²) in [4.78, 5) is 0. The van der Waals surface area contributed by atoms with E-state index in [1.807, 2.05) is 0 Å². The third-order valence-corrected chi connectivity index (χ3v) is 2.99. The first-order valence-corrected chi connectivity index (χ1v) is 5.72. The molecule has 1 heterocycles.